The van der Waals surface area contributed by atoms with Crippen LogP contribution in [-0.2, 0) is 11.3 Å². The molecular weight excluding hydrogens is 454 g/mol. The number of carbonyl (C=O) groups excluding carboxylic acids is 1. The molecule has 1 aliphatic carbocycles. The van der Waals surface area contributed by atoms with Crippen LogP contribution in [0.15, 0.2) is 27.7 Å². The molecule has 4 heterocycles. The zero-order valence-electron chi connectivity index (χ0n) is 19.1. The SMILES string of the molecule is CN(C(=O)CN1CCN(Cc2nc3scc(-c4cccs4)c3c(=O)[nH]2)CC1)C1CCCCC1. The van der Waals surface area contributed by atoms with Crippen LogP contribution in [0.25, 0.3) is 20.7 Å². The number of carbonyl (C=O) groups is 1. The van der Waals surface area contributed by atoms with E-state index < -0.39 is 0 Å². The minimum absolute atomic E-state index is 0.0605. The molecule has 2 aliphatic rings. The van der Waals surface area contributed by atoms with Gasteiger partial charge in [-0.15, -0.1) is 22.7 Å². The van der Waals surface area contributed by atoms with E-state index in [1.54, 1.807) is 11.3 Å². The number of aromatic nitrogens is 2. The number of amides is 1. The fourth-order valence-corrected chi connectivity index (χ4v) is 6.75. The van der Waals surface area contributed by atoms with E-state index in [0.717, 1.165) is 54.3 Å². The Kier molecular flexibility index (Phi) is 6.91. The smallest absolute Gasteiger partial charge is 0.260 e. The summed E-state index contributed by atoms with van der Waals surface area (Å²) < 4.78 is 0. The maximum atomic E-state index is 12.8. The first-order valence-electron chi connectivity index (χ1n) is 11.8. The predicted molar refractivity (Wildman–Crippen MR) is 135 cm³/mol. The van der Waals surface area contributed by atoms with E-state index in [4.69, 9.17) is 4.98 Å². The second kappa shape index (κ2) is 10.0. The number of nitrogens with one attached hydrogen (secondary N) is 1. The van der Waals surface area contributed by atoms with Crippen molar-refractivity contribution in [2.75, 3.05) is 39.8 Å². The second-order valence-corrected chi connectivity index (χ2v) is 11.0. The first-order valence-corrected chi connectivity index (χ1v) is 13.6. The fourth-order valence-electron chi connectivity index (χ4n) is 4.97. The number of likely N-dealkylation sites (N-methyl/N-ethyl adjacent to an activating group) is 1. The number of hydrogen-bond donors (Lipinski definition) is 1. The quantitative estimate of drug-likeness (QED) is 0.577. The molecule has 3 aromatic rings. The van der Waals surface area contributed by atoms with Gasteiger partial charge in [-0.3, -0.25) is 19.4 Å². The highest BCUT2D eigenvalue weighted by Gasteiger charge is 2.25. The maximum absolute atomic E-state index is 12.8. The molecule has 0 aromatic carbocycles. The Labute approximate surface area is 202 Å². The first-order chi connectivity index (χ1) is 16.1. The Morgan fingerprint density at radius 1 is 1.15 bits per heavy atom. The number of piperazine rings is 1. The fraction of sp³-hybridized carbons (Fsp3) is 0.542. The minimum atomic E-state index is -0.0605. The molecule has 0 unspecified atom stereocenters. The van der Waals surface area contributed by atoms with Gasteiger partial charge in [0.05, 0.1) is 18.5 Å². The molecule has 1 N–H and O–H groups in total. The van der Waals surface area contributed by atoms with Gasteiger partial charge in [0.2, 0.25) is 5.91 Å². The molecule has 33 heavy (non-hydrogen) atoms. The molecule has 5 rings (SSSR count). The molecule has 2 fully saturated rings. The van der Waals surface area contributed by atoms with Gasteiger partial charge in [0.1, 0.15) is 10.7 Å². The predicted octanol–water partition coefficient (Wildman–Crippen LogP) is 3.62. The monoisotopic (exact) mass is 485 g/mol. The highest BCUT2D eigenvalue weighted by Crippen LogP contribution is 2.33. The van der Waals surface area contributed by atoms with E-state index in [2.05, 4.69) is 14.8 Å². The van der Waals surface area contributed by atoms with Gasteiger partial charge < -0.3 is 9.88 Å². The van der Waals surface area contributed by atoms with Crippen molar-refractivity contribution in [1.29, 1.82) is 0 Å². The number of hydrogen-bond acceptors (Lipinski definition) is 7. The van der Waals surface area contributed by atoms with Crippen LogP contribution in [0.1, 0.15) is 37.9 Å². The molecule has 176 valence electrons. The van der Waals surface area contributed by atoms with Crippen LogP contribution in [0.3, 0.4) is 0 Å². The molecule has 0 bridgehead atoms. The van der Waals surface area contributed by atoms with Crippen molar-refractivity contribution in [3.8, 4) is 10.4 Å². The number of aromatic amines is 1. The van der Waals surface area contributed by atoms with Gasteiger partial charge in [-0.05, 0) is 24.3 Å². The van der Waals surface area contributed by atoms with Gasteiger partial charge in [0.25, 0.3) is 5.56 Å². The lowest BCUT2D eigenvalue weighted by Gasteiger charge is -2.36. The van der Waals surface area contributed by atoms with Crippen LogP contribution in [0.2, 0.25) is 0 Å². The number of rotatable bonds is 6. The van der Waals surface area contributed by atoms with Crippen molar-refractivity contribution >= 4 is 38.8 Å². The van der Waals surface area contributed by atoms with E-state index in [-0.39, 0.29) is 11.5 Å². The zero-order valence-corrected chi connectivity index (χ0v) is 20.7. The van der Waals surface area contributed by atoms with Gasteiger partial charge in [0, 0.05) is 55.1 Å². The highest BCUT2D eigenvalue weighted by atomic mass is 32.1. The summed E-state index contributed by atoms with van der Waals surface area (Å²) >= 11 is 3.17. The third-order valence-corrected chi connectivity index (χ3v) is 8.77. The summed E-state index contributed by atoms with van der Waals surface area (Å²) in [5, 5.41) is 4.75. The molecule has 7 nitrogen and oxygen atoms in total. The van der Waals surface area contributed by atoms with Gasteiger partial charge in [-0.2, -0.15) is 0 Å². The van der Waals surface area contributed by atoms with Crippen LogP contribution >= 0.6 is 22.7 Å². The van der Waals surface area contributed by atoms with Gasteiger partial charge in [-0.25, -0.2) is 4.98 Å². The molecule has 1 saturated heterocycles. The summed E-state index contributed by atoms with van der Waals surface area (Å²) in [6, 6.07) is 4.46. The van der Waals surface area contributed by atoms with Gasteiger partial charge in [-0.1, -0.05) is 25.3 Å². The molecule has 0 radical (unpaired) electrons. The second-order valence-electron chi connectivity index (χ2n) is 9.17. The molecular formula is C24H31N5O2S2. The molecule has 1 aliphatic heterocycles. The van der Waals surface area contributed by atoms with E-state index in [0.29, 0.717) is 30.3 Å². The first kappa shape index (κ1) is 22.7. The van der Waals surface area contributed by atoms with E-state index in [1.165, 1.54) is 30.6 Å². The molecule has 1 saturated carbocycles. The average Bonchev–Trinajstić information content (AvgIpc) is 3.50. The summed E-state index contributed by atoms with van der Waals surface area (Å²) in [6.45, 7) is 4.58. The Morgan fingerprint density at radius 3 is 2.64 bits per heavy atom. The number of fused-ring (bicyclic) bond motifs is 1. The standard InChI is InChI=1S/C24H31N5O2S2/c1-27(17-6-3-2-4-7-17)21(30)15-29-11-9-28(10-12-29)14-20-25-23(31)22-18(16-33-24(22)26-20)19-8-5-13-32-19/h5,8,13,16-17H,2-4,6-7,9-12,14-15H2,1H3,(H,25,26,31). The van der Waals surface area contributed by atoms with E-state index in [9.17, 15) is 9.59 Å². The molecule has 0 spiro atoms. The summed E-state index contributed by atoms with van der Waals surface area (Å²) in [7, 11) is 1.97. The van der Waals surface area contributed by atoms with Crippen molar-refractivity contribution in [2.45, 2.75) is 44.7 Å². The van der Waals surface area contributed by atoms with E-state index >= 15 is 0 Å². The lowest BCUT2D eigenvalue weighted by molar-refractivity contribution is -0.134. The number of H-pyrrole nitrogens is 1. The van der Waals surface area contributed by atoms with Gasteiger partial charge >= 0.3 is 0 Å². The minimum Gasteiger partial charge on any atom is -0.342 e. The number of thiophene rings is 2. The van der Waals surface area contributed by atoms with Crippen LogP contribution in [-0.4, -0.2) is 76.4 Å². The molecule has 9 heteroatoms. The van der Waals surface area contributed by atoms with Crippen LogP contribution < -0.4 is 5.56 Å². The van der Waals surface area contributed by atoms with Crippen LogP contribution in [0.5, 0.6) is 0 Å². The third kappa shape index (κ3) is 5.06. The van der Waals surface area contributed by atoms with Crippen molar-refractivity contribution in [1.82, 2.24) is 24.7 Å². The summed E-state index contributed by atoms with van der Waals surface area (Å²) in [5.74, 6) is 0.958. The van der Waals surface area contributed by atoms with Gasteiger partial charge in [0.15, 0.2) is 0 Å². The normalized spacial score (nSPS) is 18.7. The average molecular weight is 486 g/mol. The Morgan fingerprint density at radius 2 is 1.91 bits per heavy atom. The number of nitrogens with zero attached hydrogens (tertiary/aromatic N) is 4. The van der Waals surface area contributed by atoms with Crippen LogP contribution in [0, 0.1) is 0 Å². The third-order valence-electron chi connectivity index (χ3n) is 6.99. The Balaban J connectivity index is 1.17. The highest BCUT2D eigenvalue weighted by molar-refractivity contribution is 7.18. The topological polar surface area (TPSA) is 72.5 Å². The van der Waals surface area contributed by atoms with Crippen molar-refractivity contribution in [3.05, 3.63) is 39.1 Å². The summed E-state index contributed by atoms with van der Waals surface area (Å²) in [5.41, 5.74) is 0.913. The largest absolute Gasteiger partial charge is 0.342 e. The summed E-state index contributed by atoms with van der Waals surface area (Å²) in [4.78, 5) is 41.8. The van der Waals surface area contributed by atoms with Crippen molar-refractivity contribution in [3.63, 3.8) is 0 Å². The van der Waals surface area contributed by atoms with Crippen molar-refractivity contribution in [2.24, 2.45) is 0 Å². The molecule has 3 aromatic heterocycles. The molecule has 0 atom stereocenters. The zero-order chi connectivity index (χ0) is 22.8. The molecule has 1 amide bonds. The lowest BCUT2D eigenvalue weighted by Crippen LogP contribution is -2.50. The van der Waals surface area contributed by atoms with E-state index in [1.807, 2.05) is 34.8 Å². The Bertz CT molecular complexity index is 1140. The summed E-state index contributed by atoms with van der Waals surface area (Å²) in [6.07, 6.45) is 6.07. The van der Waals surface area contributed by atoms with Crippen molar-refractivity contribution < 1.29 is 4.79 Å². The lowest BCUT2D eigenvalue weighted by atomic mass is 9.94. The maximum Gasteiger partial charge on any atom is 0.260 e. The Hall–Kier alpha value is -2.07. The van der Waals surface area contributed by atoms with Crippen LogP contribution in [0.4, 0.5) is 0 Å².